The van der Waals surface area contributed by atoms with Crippen molar-refractivity contribution in [1.29, 1.82) is 0 Å². The topological polar surface area (TPSA) is 21.3 Å². The summed E-state index contributed by atoms with van der Waals surface area (Å²) in [5.41, 5.74) is 0.512. The van der Waals surface area contributed by atoms with Crippen LogP contribution in [0.25, 0.3) is 0 Å². The van der Waals surface area contributed by atoms with Gasteiger partial charge in [0.15, 0.2) is 0 Å². The highest BCUT2D eigenvalue weighted by Gasteiger charge is 2.05. The molecule has 0 saturated carbocycles. The van der Waals surface area contributed by atoms with Crippen LogP contribution in [-0.4, -0.2) is 7.11 Å². The number of nitrogens with one attached hydrogen (secondary N) is 1. The maximum atomic E-state index is 13.3. The van der Waals surface area contributed by atoms with Crippen LogP contribution in [0.1, 0.15) is 4.88 Å². The van der Waals surface area contributed by atoms with Gasteiger partial charge in [-0.1, -0.05) is 12.1 Å². The average molecular weight is 237 g/mol. The van der Waals surface area contributed by atoms with E-state index in [1.54, 1.807) is 36.6 Å². The average Bonchev–Trinajstić information content (AvgIpc) is 2.75. The van der Waals surface area contributed by atoms with Crippen molar-refractivity contribution in [3.8, 4) is 5.75 Å². The van der Waals surface area contributed by atoms with E-state index in [0.29, 0.717) is 12.2 Å². The zero-order valence-electron chi connectivity index (χ0n) is 8.87. The van der Waals surface area contributed by atoms with Gasteiger partial charge in [0.1, 0.15) is 11.6 Å². The summed E-state index contributed by atoms with van der Waals surface area (Å²) < 4.78 is 18.5. The number of rotatable bonds is 4. The van der Waals surface area contributed by atoms with E-state index >= 15 is 0 Å². The predicted octanol–water partition coefficient (Wildman–Crippen LogP) is 3.51. The Hall–Kier alpha value is -1.55. The maximum Gasteiger partial charge on any atom is 0.146 e. The number of hydrogen-bond donors (Lipinski definition) is 1. The normalized spacial score (nSPS) is 10.1. The van der Waals surface area contributed by atoms with E-state index in [-0.39, 0.29) is 5.82 Å². The van der Waals surface area contributed by atoms with Gasteiger partial charge in [0.05, 0.1) is 24.2 Å². The third-order valence-electron chi connectivity index (χ3n) is 2.24. The molecule has 0 radical (unpaired) electrons. The van der Waals surface area contributed by atoms with Crippen LogP contribution in [0, 0.1) is 5.82 Å². The molecule has 1 aromatic carbocycles. The number of hydrogen-bond acceptors (Lipinski definition) is 3. The minimum absolute atomic E-state index is 0.238. The molecule has 1 heterocycles. The Balaban J connectivity index is 2.05. The summed E-state index contributed by atoms with van der Waals surface area (Å²) in [6.07, 6.45) is 0. The Morgan fingerprint density at radius 3 is 2.88 bits per heavy atom. The lowest BCUT2D eigenvalue weighted by atomic mass is 10.3. The van der Waals surface area contributed by atoms with Gasteiger partial charge >= 0.3 is 0 Å². The highest BCUT2D eigenvalue weighted by Crippen LogP contribution is 2.25. The zero-order valence-corrected chi connectivity index (χ0v) is 9.68. The molecule has 2 nitrogen and oxygen atoms in total. The number of ether oxygens (including phenoxy) is 1. The smallest absolute Gasteiger partial charge is 0.146 e. The molecule has 0 unspecified atom stereocenters. The SMILES string of the molecule is COc1ccsc1CNc1ccccc1F. The van der Waals surface area contributed by atoms with Crippen LogP contribution in [0.2, 0.25) is 0 Å². The van der Waals surface area contributed by atoms with Crippen molar-refractivity contribution >= 4 is 17.0 Å². The quantitative estimate of drug-likeness (QED) is 0.878. The lowest BCUT2D eigenvalue weighted by Gasteiger charge is -2.07. The fourth-order valence-electron chi connectivity index (χ4n) is 1.42. The molecule has 0 bridgehead atoms. The fraction of sp³-hybridized carbons (Fsp3) is 0.167. The Bertz CT molecular complexity index is 470. The molecule has 1 aromatic heterocycles. The minimum Gasteiger partial charge on any atom is -0.496 e. The zero-order chi connectivity index (χ0) is 11.4. The number of methoxy groups -OCH3 is 1. The van der Waals surface area contributed by atoms with E-state index in [2.05, 4.69) is 5.32 Å². The van der Waals surface area contributed by atoms with E-state index in [0.717, 1.165) is 10.6 Å². The van der Waals surface area contributed by atoms with Crippen LogP contribution in [-0.2, 0) is 6.54 Å². The third-order valence-corrected chi connectivity index (χ3v) is 3.14. The van der Waals surface area contributed by atoms with Crippen molar-refractivity contribution in [3.05, 3.63) is 46.4 Å². The van der Waals surface area contributed by atoms with Gasteiger partial charge in [0.2, 0.25) is 0 Å². The molecule has 1 N–H and O–H groups in total. The van der Waals surface area contributed by atoms with Crippen molar-refractivity contribution in [2.75, 3.05) is 12.4 Å². The summed E-state index contributed by atoms with van der Waals surface area (Å²) in [7, 11) is 1.63. The summed E-state index contributed by atoms with van der Waals surface area (Å²) >= 11 is 1.59. The number of benzene rings is 1. The Kier molecular flexibility index (Phi) is 3.41. The van der Waals surface area contributed by atoms with Crippen molar-refractivity contribution < 1.29 is 9.13 Å². The molecule has 16 heavy (non-hydrogen) atoms. The monoisotopic (exact) mass is 237 g/mol. The van der Waals surface area contributed by atoms with Crippen LogP contribution in [0.3, 0.4) is 0 Å². The minimum atomic E-state index is -0.238. The molecule has 2 aromatic rings. The van der Waals surface area contributed by atoms with E-state index in [1.807, 2.05) is 11.4 Å². The number of thiophene rings is 1. The van der Waals surface area contributed by atoms with Gasteiger partial charge in [-0.2, -0.15) is 0 Å². The first kappa shape index (κ1) is 11.0. The van der Waals surface area contributed by atoms with E-state index in [1.165, 1.54) is 6.07 Å². The molecule has 0 saturated heterocycles. The lowest BCUT2D eigenvalue weighted by Crippen LogP contribution is -2.00. The first-order valence-electron chi connectivity index (χ1n) is 4.90. The molecule has 0 fully saturated rings. The molecule has 4 heteroatoms. The fourth-order valence-corrected chi connectivity index (χ4v) is 2.20. The highest BCUT2D eigenvalue weighted by atomic mass is 32.1. The summed E-state index contributed by atoms with van der Waals surface area (Å²) in [5, 5.41) is 5.00. The van der Waals surface area contributed by atoms with E-state index < -0.39 is 0 Å². The second-order valence-electron chi connectivity index (χ2n) is 3.25. The summed E-state index contributed by atoms with van der Waals surface area (Å²) in [4.78, 5) is 1.06. The number of halogens is 1. The molecular formula is C12H12FNOS. The van der Waals surface area contributed by atoms with Gasteiger partial charge in [-0.15, -0.1) is 11.3 Å². The van der Waals surface area contributed by atoms with Crippen LogP contribution in [0.4, 0.5) is 10.1 Å². The van der Waals surface area contributed by atoms with Crippen molar-refractivity contribution in [2.45, 2.75) is 6.54 Å². The predicted molar refractivity (Wildman–Crippen MR) is 64.6 cm³/mol. The van der Waals surface area contributed by atoms with Gasteiger partial charge in [0.25, 0.3) is 0 Å². The second kappa shape index (κ2) is 4.99. The molecule has 0 atom stereocenters. The van der Waals surface area contributed by atoms with Gasteiger partial charge in [-0.3, -0.25) is 0 Å². The second-order valence-corrected chi connectivity index (χ2v) is 4.25. The van der Waals surface area contributed by atoms with Crippen LogP contribution >= 0.6 is 11.3 Å². The molecule has 0 spiro atoms. The molecule has 0 aliphatic rings. The van der Waals surface area contributed by atoms with Crippen LogP contribution in [0.15, 0.2) is 35.7 Å². The first-order valence-corrected chi connectivity index (χ1v) is 5.78. The lowest BCUT2D eigenvalue weighted by molar-refractivity contribution is 0.413. The van der Waals surface area contributed by atoms with E-state index in [9.17, 15) is 4.39 Å². The van der Waals surface area contributed by atoms with Gasteiger partial charge < -0.3 is 10.1 Å². The van der Waals surface area contributed by atoms with Crippen LogP contribution < -0.4 is 10.1 Å². The third kappa shape index (κ3) is 2.33. The standard InChI is InChI=1S/C12H12FNOS/c1-15-11-6-7-16-12(11)8-14-10-5-3-2-4-9(10)13/h2-7,14H,8H2,1H3. The van der Waals surface area contributed by atoms with Gasteiger partial charge in [-0.25, -0.2) is 4.39 Å². The molecule has 2 rings (SSSR count). The maximum absolute atomic E-state index is 13.3. The first-order chi connectivity index (χ1) is 7.81. The molecule has 84 valence electrons. The van der Waals surface area contributed by atoms with Gasteiger partial charge in [-0.05, 0) is 23.6 Å². The Morgan fingerprint density at radius 1 is 1.31 bits per heavy atom. The van der Waals surface area contributed by atoms with Crippen LogP contribution in [0.5, 0.6) is 5.75 Å². The summed E-state index contributed by atoms with van der Waals surface area (Å²) in [6.45, 7) is 0.571. The highest BCUT2D eigenvalue weighted by molar-refractivity contribution is 7.10. The summed E-state index contributed by atoms with van der Waals surface area (Å²) in [6, 6.07) is 8.54. The van der Waals surface area contributed by atoms with Crippen molar-refractivity contribution in [3.63, 3.8) is 0 Å². The molecular weight excluding hydrogens is 225 g/mol. The molecule has 0 amide bonds. The molecule has 0 aliphatic heterocycles. The Labute approximate surface area is 97.7 Å². The number of anilines is 1. The summed E-state index contributed by atoms with van der Waals surface area (Å²) in [5.74, 6) is 0.604. The van der Waals surface area contributed by atoms with Gasteiger partial charge in [0, 0.05) is 0 Å². The largest absolute Gasteiger partial charge is 0.496 e. The number of para-hydroxylation sites is 1. The Morgan fingerprint density at radius 2 is 2.12 bits per heavy atom. The van der Waals surface area contributed by atoms with E-state index in [4.69, 9.17) is 4.74 Å². The van der Waals surface area contributed by atoms with Crippen molar-refractivity contribution in [1.82, 2.24) is 0 Å². The molecule has 0 aliphatic carbocycles. The van der Waals surface area contributed by atoms with Crippen molar-refractivity contribution in [2.24, 2.45) is 0 Å².